The molecule has 5 rings (SSSR count). The van der Waals surface area contributed by atoms with Crippen LogP contribution in [0.4, 0.5) is 11.5 Å². The van der Waals surface area contributed by atoms with Crippen molar-refractivity contribution >= 4 is 28.5 Å². The van der Waals surface area contributed by atoms with Gasteiger partial charge in [-0.2, -0.15) is 0 Å². The Morgan fingerprint density at radius 2 is 2.07 bits per heavy atom. The Bertz CT molecular complexity index is 1050. The summed E-state index contributed by atoms with van der Waals surface area (Å²) in [5, 5.41) is 6.93. The number of rotatable bonds is 5. The van der Waals surface area contributed by atoms with Gasteiger partial charge in [0, 0.05) is 12.0 Å². The molecule has 2 fully saturated rings. The molecule has 28 heavy (non-hydrogen) atoms. The van der Waals surface area contributed by atoms with Crippen LogP contribution in [-0.4, -0.2) is 33.0 Å². The average molecular weight is 379 g/mol. The number of ether oxygens (including phenoxy) is 1. The predicted molar refractivity (Wildman–Crippen MR) is 103 cm³/mol. The van der Waals surface area contributed by atoms with Gasteiger partial charge in [-0.05, 0) is 38.8 Å². The first-order valence-corrected chi connectivity index (χ1v) is 9.44. The smallest absolute Gasteiger partial charge is 0.260 e. The first kappa shape index (κ1) is 17.1. The van der Waals surface area contributed by atoms with Gasteiger partial charge in [-0.25, -0.2) is 9.97 Å². The minimum Gasteiger partial charge on any atom is -0.442 e. The molecule has 2 N–H and O–H groups in total. The molecular weight excluding hydrogens is 358 g/mol. The van der Waals surface area contributed by atoms with Crippen LogP contribution in [0.5, 0.6) is 0 Å². The number of carbonyl (C=O) groups excluding carboxylic acids is 1. The van der Waals surface area contributed by atoms with Crippen molar-refractivity contribution in [1.82, 2.24) is 15.0 Å². The summed E-state index contributed by atoms with van der Waals surface area (Å²) in [4.78, 5) is 26.0. The number of hydrogen-bond acceptors (Lipinski definition) is 7. The Labute approximate surface area is 161 Å². The third-order valence-corrected chi connectivity index (χ3v) is 5.38. The molecule has 0 aromatic carbocycles. The van der Waals surface area contributed by atoms with E-state index in [4.69, 9.17) is 9.15 Å². The standard InChI is InChI=1S/C20H21N5O3/c1-11-15(16-17(25-20(2)6-7-20)22-10-23-19(16)28-11)18(26)24-12-3-4-13(21-9-12)14-5-8-27-14/h3-4,9-10,14H,5-8H2,1-2H3,(H,24,26)(H,22,23,25). The number of nitrogens with zero attached hydrogens (tertiary/aromatic N) is 3. The van der Waals surface area contributed by atoms with Gasteiger partial charge >= 0.3 is 0 Å². The van der Waals surface area contributed by atoms with Gasteiger partial charge in [0.15, 0.2) is 0 Å². The minimum absolute atomic E-state index is 0.0174. The topological polar surface area (TPSA) is 102 Å². The molecule has 3 aromatic rings. The second-order valence-electron chi connectivity index (χ2n) is 7.70. The van der Waals surface area contributed by atoms with E-state index in [-0.39, 0.29) is 17.6 Å². The molecule has 1 atom stereocenters. The summed E-state index contributed by atoms with van der Waals surface area (Å²) in [6, 6.07) is 3.71. The highest BCUT2D eigenvalue weighted by Gasteiger charge is 2.38. The van der Waals surface area contributed by atoms with Crippen LogP contribution in [0.3, 0.4) is 0 Å². The van der Waals surface area contributed by atoms with Crippen LogP contribution >= 0.6 is 0 Å². The second-order valence-corrected chi connectivity index (χ2v) is 7.70. The van der Waals surface area contributed by atoms with Crippen LogP contribution in [0.1, 0.15) is 54.1 Å². The van der Waals surface area contributed by atoms with E-state index in [1.54, 1.807) is 13.1 Å². The molecule has 1 amide bonds. The van der Waals surface area contributed by atoms with E-state index in [2.05, 4.69) is 32.5 Å². The number of pyridine rings is 1. The number of carbonyl (C=O) groups is 1. The maximum Gasteiger partial charge on any atom is 0.260 e. The van der Waals surface area contributed by atoms with Crippen LogP contribution in [-0.2, 0) is 4.74 Å². The summed E-state index contributed by atoms with van der Waals surface area (Å²) in [6.45, 7) is 4.66. The van der Waals surface area contributed by atoms with Crippen LogP contribution in [0.2, 0.25) is 0 Å². The SMILES string of the molecule is Cc1oc2ncnc(NC3(C)CC3)c2c1C(=O)Nc1ccc(C2CCO2)nc1. The van der Waals surface area contributed by atoms with Gasteiger partial charge in [0.2, 0.25) is 5.71 Å². The molecule has 0 spiro atoms. The first-order valence-electron chi connectivity index (χ1n) is 9.44. The van der Waals surface area contributed by atoms with Crippen LogP contribution in [0.15, 0.2) is 29.1 Å². The van der Waals surface area contributed by atoms with Crippen LogP contribution < -0.4 is 10.6 Å². The van der Waals surface area contributed by atoms with Crippen molar-refractivity contribution in [3.63, 3.8) is 0 Å². The maximum atomic E-state index is 13.0. The molecule has 144 valence electrons. The van der Waals surface area contributed by atoms with E-state index in [1.807, 2.05) is 12.1 Å². The molecular formula is C20H21N5O3. The lowest BCUT2D eigenvalue weighted by Crippen LogP contribution is -2.20. The third-order valence-electron chi connectivity index (χ3n) is 5.38. The zero-order chi connectivity index (χ0) is 19.3. The Kier molecular flexibility index (Phi) is 3.83. The maximum absolute atomic E-state index is 13.0. The number of hydrogen-bond donors (Lipinski definition) is 2. The average Bonchev–Trinajstić information content (AvgIpc) is 3.23. The second kappa shape index (κ2) is 6.27. The van der Waals surface area contributed by atoms with Gasteiger partial charge in [-0.1, -0.05) is 0 Å². The van der Waals surface area contributed by atoms with Crippen molar-refractivity contribution in [3.8, 4) is 0 Å². The van der Waals surface area contributed by atoms with Crippen molar-refractivity contribution in [1.29, 1.82) is 0 Å². The highest BCUT2D eigenvalue weighted by Crippen LogP contribution is 2.40. The lowest BCUT2D eigenvalue weighted by Gasteiger charge is -2.25. The zero-order valence-electron chi connectivity index (χ0n) is 15.8. The molecule has 8 heteroatoms. The number of aromatic nitrogens is 3. The molecule has 2 aliphatic rings. The van der Waals surface area contributed by atoms with Gasteiger partial charge in [0.1, 0.15) is 24.0 Å². The first-order chi connectivity index (χ1) is 13.5. The summed E-state index contributed by atoms with van der Waals surface area (Å²) in [7, 11) is 0. The molecule has 1 aliphatic carbocycles. The fraction of sp³-hybridized carbons (Fsp3) is 0.400. The lowest BCUT2D eigenvalue weighted by molar-refractivity contribution is -0.0552. The van der Waals surface area contributed by atoms with Gasteiger partial charge in [0.25, 0.3) is 5.91 Å². The van der Waals surface area contributed by atoms with E-state index < -0.39 is 0 Å². The van der Waals surface area contributed by atoms with Crippen molar-refractivity contribution in [3.05, 3.63) is 41.7 Å². The lowest BCUT2D eigenvalue weighted by atomic mass is 10.1. The Hall–Kier alpha value is -3.00. The molecule has 0 radical (unpaired) electrons. The van der Waals surface area contributed by atoms with Gasteiger partial charge in [-0.15, -0.1) is 0 Å². The normalized spacial score (nSPS) is 19.9. The third kappa shape index (κ3) is 2.99. The minimum atomic E-state index is -0.274. The molecule has 1 saturated heterocycles. The summed E-state index contributed by atoms with van der Waals surface area (Å²) in [6.07, 6.45) is 6.28. The van der Waals surface area contributed by atoms with Crippen molar-refractivity contribution in [2.45, 2.75) is 44.8 Å². The molecule has 8 nitrogen and oxygen atoms in total. The highest BCUT2D eigenvalue weighted by atomic mass is 16.5. The number of nitrogens with one attached hydrogen (secondary N) is 2. The molecule has 3 aromatic heterocycles. The van der Waals surface area contributed by atoms with Crippen molar-refractivity contribution in [2.24, 2.45) is 0 Å². The molecule has 4 heterocycles. The fourth-order valence-corrected chi connectivity index (χ4v) is 3.34. The van der Waals surface area contributed by atoms with Crippen molar-refractivity contribution in [2.75, 3.05) is 17.2 Å². The molecule has 0 bridgehead atoms. The highest BCUT2D eigenvalue weighted by molar-refractivity contribution is 6.15. The predicted octanol–water partition coefficient (Wildman–Crippen LogP) is 3.60. The zero-order valence-corrected chi connectivity index (χ0v) is 15.8. The van der Waals surface area contributed by atoms with Crippen LogP contribution in [0, 0.1) is 6.92 Å². The molecule has 1 unspecified atom stereocenters. The monoisotopic (exact) mass is 379 g/mol. The van der Waals surface area contributed by atoms with Gasteiger partial charge in [0.05, 0.1) is 35.1 Å². The molecule has 1 saturated carbocycles. The van der Waals surface area contributed by atoms with E-state index in [9.17, 15) is 4.79 Å². The fourth-order valence-electron chi connectivity index (χ4n) is 3.34. The molecule has 1 aliphatic heterocycles. The number of fused-ring (bicyclic) bond motifs is 1. The number of amides is 1. The Morgan fingerprint density at radius 3 is 2.71 bits per heavy atom. The van der Waals surface area contributed by atoms with E-state index in [1.165, 1.54) is 6.33 Å². The van der Waals surface area contributed by atoms with Gasteiger partial charge < -0.3 is 19.8 Å². The quantitative estimate of drug-likeness (QED) is 0.698. The summed E-state index contributed by atoms with van der Waals surface area (Å²) in [5.41, 5.74) is 2.35. The van der Waals surface area contributed by atoms with E-state index in [0.29, 0.717) is 33.9 Å². The summed E-state index contributed by atoms with van der Waals surface area (Å²) in [5.74, 6) is 0.858. The van der Waals surface area contributed by atoms with Crippen molar-refractivity contribution < 1.29 is 13.9 Å². The Morgan fingerprint density at radius 1 is 1.25 bits per heavy atom. The van der Waals surface area contributed by atoms with Crippen LogP contribution in [0.25, 0.3) is 11.1 Å². The van der Waals surface area contributed by atoms with E-state index in [0.717, 1.165) is 31.6 Å². The van der Waals surface area contributed by atoms with E-state index >= 15 is 0 Å². The summed E-state index contributed by atoms with van der Waals surface area (Å²) >= 11 is 0. The summed E-state index contributed by atoms with van der Waals surface area (Å²) < 4.78 is 11.2. The number of furan rings is 1. The Balaban J connectivity index is 1.44. The largest absolute Gasteiger partial charge is 0.442 e. The number of anilines is 2. The number of aryl methyl sites for hydroxylation is 1. The van der Waals surface area contributed by atoms with Gasteiger partial charge in [-0.3, -0.25) is 9.78 Å².